The normalized spacial score (nSPS) is 19.2. The minimum absolute atomic E-state index is 0.125. The summed E-state index contributed by atoms with van der Waals surface area (Å²) >= 11 is 0. The largest absolute Gasteiger partial charge is 0.335 e. The Kier molecular flexibility index (Phi) is 4.65. The van der Waals surface area contributed by atoms with Gasteiger partial charge in [0, 0.05) is 22.7 Å². The zero-order chi connectivity index (χ0) is 21.0. The van der Waals surface area contributed by atoms with Gasteiger partial charge in [-0.05, 0) is 79.9 Å². The fourth-order valence-corrected chi connectivity index (χ4v) is 5.52. The Morgan fingerprint density at radius 1 is 1.17 bits per heavy atom. The second-order valence-corrected chi connectivity index (χ2v) is 8.53. The van der Waals surface area contributed by atoms with E-state index < -0.39 is 0 Å². The lowest BCUT2D eigenvalue weighted by atomic mass is 9.85. The monoisotopic (exact) mass is 400 g/mol. The first-order valence-electron chi connectivity index (χ1n) is 11.3. The molecule has 2 aromatic rings. The first-order valence-corrected chi connectivity index (χ1v) is 11.3. The molecule has 1 aromatic heterocycles. The SMILES string of the molecule is C/C=C/C1=C(CC)C(=CCC)N2Cc3c(nc4cc(F)c(C)c5c4c3CCC5)C2=C1. The Bertz CT molecular complexity index is 1190. The van der Waals surface area contributed by atoms with E-state index in [2.05, 4.69) is 50.0 Å². The van der Waals surface area contributed by atoms with E-state index in [1.54, 1.807) is 6.07 Å². The highest BCUT2D eigenvalue weighted by Gasteiger charge is 2.35. The molecule has 3 heterocycles. The number of fused-ring (bicyclic) bond motifs is 4. The first kappa shape index (κ1) is 19.3. The molecule has 0 spiro atoms. The molecular formula is C27H29FN2. The Morgan fingerprint density at radius 3 is 2.70 bits per heavy atom. The minimum atomic E-state index is -0.125. The predicted molar refractivity (Wildman–Crippen MR) is 122 cm³/mol. The highest BCUT2D eigenvalue weighted by molar-refractivity contribution is 5.92. The van der Waals surface area contributed by atoms with Crippen LogP contribution in [0.3, 0.4) is 0 Å². The van der Waals surface area contributed by atoms with Crippen LogP contribution in [0.25, 0.3) is 16.6 Å². The number of aryl methyl sites for hydroxylation is 2. The van der Waals surface area contributed by atoms with Gasteiger partial charge in [-0.25, -0.2) is 9.37 Å². The average molecular weight is 401 g/mol. The molecule has 3 aliphatic rings. The number of halogens is 1. The van der Waals surface area contributed by atoms with Gasteiger partial charge in [0.05, 0.1) is 23.5 Å². The number of hydrogen-bond donors (Lipinski definition) is 0. The molecule has 154 valence electrons. The summed E-state index contributed by atoms with van der Waals surface area (Å²) < 4.78 is 14.7. The Balaban J connectivity index is 1.81. The number of aromatic nitrogens is 1. The van der Waals surface area contributed by atoms with Crippen LogP contribution in [0, 0.1) is 12.7 Å². The number of rotatable bonds is 3. The van der Waals surface area contributed by atoms with Crippen molar-refractivity contribution < 1.29 is 4.39 Å². The molecule has 0 unspecified atom stereocenters. The van der Waals surface area contributed by atoms with Gasteiger partial charge in [0.15, 0.2) is 0 Å². The van der Waals surface area contributed by atoms with Crippen molar-refractivity contribution in [3.05, 3.63) is 81.0 Å². The zero-order valence-corrected chi connectivity index (χ0v) is 18.4. The highest BCUT2D eigenvalue weighted by atomic mass is 19.1. The number of nitrogens with zero attached hydrogens (tertiary/aromatic N) is 2. The highest BCUT2D eigenvalue weighted by Crippen LogP contribution is 2.47. The van der Waals surface area contributed by atoms with Gasteiger partial charge in [-0.15, -0.1) is 0 Å². The van der Waals surface area contributed by atoms with Gasteiger partial charge in [-0.3, -0.25) is 0 Å². The van der Waals surface area contributed by atoms with Gasteiger partial charge >= 0.3 is 0 Å². The maximum atomic E-state index is 14.7. The smallest absolute Gasteiger partial charge is 0.128 e. The Morgan fingerprint density at radius 2 is 1.97 bits per heavy atom. The summed E-state index contributed by atoms with van der Waals surface area (Å²) in [6.45, 7) is 9.29. The van der Waals surface area contributed by atoms with Crippen LogP contribution in [0.1, 0.15) is 68.0 Å². The summed E-state index contributed by atoms with van der Waals surface area (Å²) in [7, 11) is 0. The van der Waals surface area contributed by atoms with Crippen LogP contribution in [-0.2, 0) is 19.4 Å². The van der Waals surface area contributed by atoms with Gasteiger partial charge in [-0.1, -0.05) is 32.1 Å². The van der Waals surface area contributed by atoms with Crippen LogP contribution in [0.2, 0.25) is 0 Å². The predicted octanol–water partition coefficient (Wildman–Crippen LogP) is 6.92. The lowest BCUT2D eigenvalue weighted by Crippen LogP contribution is -2.21. The number of allylic oxidation sites excluding steroid dienone is 6. The average Bonchev–Trinajstić information content (AvgIpc) is 3.11. The third-order valence-corrected chi connectivity index (χ3v) is 6.86. The molecule has 2 nitrogen and oxygen atoms in total. The van der Waals surface area contributed by atoms with Crippen LogP contribution in [0.5, 0.6) is 0 Å². The molecule has 0 fully saturated rings. The summed E-state index contributed by atoms with van der Waals surface area (Å²) in [4.78, 5) is 7.51. The third-order valence-electron chi connectivity index (χ3n) is 6.86. The van der Waals surface area contributed by atoms with Crippen LogP contribution >= 0.6 is 0 Å². The lowest BCUT2D eigenvalue weighted by Gasteiger charge is -2.30. The van der Waals surface area contributed by atoms with Gasteiger partial charge in [0.25, 0.3) is 0 Å². The van der Waals surface area contributed by atoms with Crippen molar-refractivity contribution in [3.63, 3.8) is 0 Å². The van der Waals surface area contributed by atoms with E-state index in [1.807, 2.05) is 6.92 Å². The van der Waals surface area contributed by atoms with Crippen LogP contribution < -0.4 is 0 Å². The van der Waals surface area contributed by atoms with Crippen molar-refractivity contribution >= 4 is 16.6 Å². The van der Waals surface area contributed by atoms with E-state index in [0.717, 1.165) is 55.4 Å². The zero-order valence-electron chi connectivity index (χ0n) is 18.4. The maximum Gasteiger partial charge on any atom is 0.128 e. The molecule has 0 atom stereocenters. The molecule has 30 heavy (non-hydrogen) atoms. The molecule has 0 saturated heterocycles. The van der Waals surface area contributed by atoms with E-state index in [9.17, 15) is 4.39 Å². The Labute approximate surface area is 178 Å². The van der Waals surface area contributed by atoms with Crippen molar-refractivity contribution in [1.29, 1.82) is 0 Å². The molecule has 0 N–H and O–H groups in total. The summed E-state index contributed by atoms with van der Waals surface area (Å²) in [5.41, 5.74) is 11.7. The van der Waals surface area contributed by atoms with Gasteiger partial charge in [0.2, 0.25) is 0 Å². The minimum Gasteiger partial charge on any atom is -0.335 e. The van der Waals surface area contributed by atoms with Crippen LogP contribution in [-0.4, -0.2) is 9.88 Å². The standard InChI is InChI=1S/C27H29FN2/c1-5-9-17-13-25-27-21(15-30(25)24(10-6-2)18(17)7-3)20-12-8-11-19-16(4)22(28)14-23(29-27)26(19)20/h5,9-10,13-14H,6-8,11-12,15H2,1-4H3/b9-5+,24-10?. The Hall–Kier alpha value is -2.68. The lowest BCUT2D eigenvalue weighted by molar-refractivity contribution is 0.502. The molecule has 1 aliphatic carbocycles. The maximum absolute atomic E-state index is 14.7. The second kappa shape index (κ2) is 7.23. The summed E-state index contributed by atoms with van der Waals surface area (Å²) in [6, 6.07) is 1.65. The van der Waals surface area contributed by atoms with E-state index in [0.29, 0.717) is 0 Å². The van der Waals surface area contributed by atoms with Gasteiger partial charge in [0.1, 0.15) is 5.82 Å². The van der Waals surface area contributed by atoms with Crippen molar-refractivity contribution in [3.8, 4) is 0 Å². The molecule has 0 bridgehead atoms. The van der Waals surface area contributed by atoms with Crippen molar-refractivity contribution in [2.24, 2.45) is 0 Å². The first-order chi connectivity index (χ1) is 14.6. The summed E-state index contributed by atoms with van der Waals surface area (Å²) in [6.07, 6.45) is 14.0. The second-order valence-electron chi connectivity index (χ2n) is 8.53. The number of hydrogen-bond acceptors (Lipinski definition) is 2. The number of pyridine rings is 1. The van der Waals surface area contributed by atoms with Crippen molar-refractivity contribution in [2.75, 3.05) is 0 Å². The quantitative estimate of drug-likeness (QED) is 0.556. The molecule has 5 rings (SSSR count). The van der Waals surface area contributed by atoms with Crippen molar-refractivity contribution in [2.45, 2.75) is 66.3 Å². The molecule has 0 amide bonds. The molecule has 0 radical (unpaired) electrons. The molecule has 3 heteroatoms. The third kappa shape index (κ3) is 2.64. The fraction of sp³-hybridized carbons (Fsp3) is 0.370. The topological polar surface area (TPSA) is 16.1 Å². The fourth-order valence-electron chi connectivity index (χ4n) is 5.52. The van der Waals surface area contributed by atoms with Crippen LogP contribution in [0.15, 0.2) is 47.2 Å². The molecule has 1 aromatic carbocycles. The van der Waals surface area contributed by atoms with E-state index >= 15 is 0 Å². The number of benzene rings is 1. The van der Waals surface area contributed by atoms with Gasteiger partial charge in [-0.2, -0.15) is 0 Å². The van der Waals surface area contributed by atoms with Crippen molar-refractivity contribution in [1.82, 2.24) is 9.88 Å². The molecule has 2 aliphatic heterocycles. The summed E-state index contributed by atoms with van der Waals surface area (Å²) in [5.74, 6) is -0.125. The van der Waals surface area contributed by atoms with E-state index in [-0.39, 0.29) is 5.82 Å². The van der Waals surface area contributed by atoms with Crippen LogP contribution in [0.4, 0.5) is 4.39 Å². The molecule has 0 saturated carbocycles. The van der Waals surface area contributed by atoms with Gasteiger partial charge < -0.3 is 4.90 Å². The van der Waals surface area contributed by atoms with E-state index in [4.69, 9.17) is 4.98 Å². The molecular weight excluding hydrogens is 371 g/mol. The van der Waals surface area contributed by atoms with E-state index in [1.165, 1.54) is 44.6 Å². The summed E-state index contributed by atoms with van der Waals surface area (Å²) in [5, 5.41) is 1.22.